The summed E-state index contributed by atoms with van der Waals surface area (Å²) in [5.41, 5.74) is 16.3. The van der Waals surface area contributed by atoms with E-state index in [9.17, 15) is 0 Å². The molecule has 0 spiro atoms. The van der Waals surface area contributed by atoms with E-state index < -0.39 is 0 Å². The smallest absolute Gasteiger partial charge is 0.0266 e. The van der Waals surface area contributed by atoms with E-state index in [0.717, 1.165) is 0 Å². The summed E-state index contributed by atoms with van der Waals surface area (Å²) < 4.78 is 0. The zero-order chi connectivity index (χ0) is 15.1. The van der Waals surface area contributed by atoms with E-state index in [0.29, 0.717) is 0 Å². The molecule has 2 aromatic carbocycles. The van der Waals surface area contributed by atoms with Crippen LogP contribution in [-0.4, -0.2) is 0 Å². The Balaban J connectivity index is 0.000000364. The molecule has 2 aromatic rings. The first-order valence-electron chi connectivity index (χ1n) is 7.04. The predicted octanol–water partition coefficient (Wildman–Crippen LogP) is 1.03. The van der Waals surface area contributed by atoms with E-state index in [4.69, 9.17) is 11.5 Å². The summed E-state index contributed by atoms with van der Waals surface area (Å²) in [5.74, 6) is 0. The lowest BCUT2D eigenvalue weighted by molar-refractivity contribution is -0.00000466. The number of halogens is 1. The van der Waals surface area contributed by atoms with E-state index in [1.165, 1.54) is 22.3 Å². The van der Waals surface area contributed by atoms with Crippen molar-refractivity contribution in [3.63, 3.8) is 0 Å². The molecular weight excluding hydrogens is 280 g/mol. The molecule has 0 fully saturated rings. The maximum absolute atomic E-state index is 5.68. The van der Waals surface area contributed by atoms with Crippen LogP contribution in [0.3, 0.4) is 0 Å². The van der Waals surface area contributed by atoms with Crippen LogP contribution >= 0.6 is 0 Å². The first-order chi connectivity index (χ1) is 9.40. The molecule has 2 nitrogen and oxygen atoms in total. The van der Waals surface area contributed by atoms with Gasteiger partial charge in [0.25, 0.3) is 0 Å². The minimum atomic E-state index is 0. The van der Waals surface area contributed by atoms with Gasteiger partial charge < -0.3 is 23.9 Å². The standard InChI is InChI=1S/2C9H13N.ClH/c2*1-7-4-3-5-9(6-7)8(2)10;/h2*3-6,8H,10H2,1-2H3;1H/p-1/t2*8-;/m00./s1. The molecule has 21 heavy (non-hydrogen) atoms. The monoisotopic (exact) mass is 305 g/mol. The van der Waals surface area contributed by atoms with Gasteiger partial charge in [-0.2, -0.15) is 0 Å². The number of rotatable bonds is 2. The molecule has 2 rings (SSSR count). The fraction of sp³-hybridized carbons (Fsp3) is 0.333. The quantitative estimate of drug-likeness (QED) is 0.871. The molecule has 0 aliphatic carbocycles. The fourth-order valence-electron chi connectivity index (χ4n) is 1.91. The van der Waals surface area contributed by atoms with Crippen LogP contribution in [-0.2, 0) is 0 Å². The maximum Gasteiger partial charge on any atom is 0.0266 e. The summed E-state index contributed by atoms with van der Waals surface area (Å²) >= 11 is 0. The zero-order valence-electron chi connectivity index (χ0n) is 13.3. The van der Waals surface area contributed by atoms with E-state index >= 15 is 0 Å². The van der Waals surface area contributed by atoms with Gasteiger partial charge in [-0.05, 0) is 38.8 Å². The third-order valence-corrected chi connectivity index (χ3v) is 3.14. The number of hydrogen-bond acceptors (Lipinski definition) is 2. The Labute approximate surface area is 135 Å². The highest BCUT2D eigenvalue weighted by Crippen LogP contribution is 2.11. The molecule has 116 valence electrons. The van der Waals surface area contributed by atoms with E-state index in [1.807, 2.05) is 26.0 Å². The second-order valence-corrected chi connectivity index (χ2v) is 5.41. The van der Waals surface area contributed by atoms with Crippen molar-refractivity contribution in [3.8, 4) is 0 Å². The molecule has 0 aromatic heterocycles. The largest absolute Gasteiger partial charge is 1.00 e. The third-order valence-electron chi connectivity index (χ3n) is 3.14. The minimum absolute atomic E-state index is 0. The van der Waals surface area contributed by atoms with Crippen molar-refractivity contribution in [2.45, 2.75) is 39.8 Å². The molecule has 0 radical (unpaired) electrons. The first-order valence-corrected chi connectivity index (χ1v) is 7.04. The molecular formula is C18H26ClN2-. The molecule has 0 amide bonds. The summed E-state index contributed by atoms with van der Waals surface area (Å²) in [5, 5.41) is 0. The van der Waals surface area contributed by atoms with Crippen LogP contribution in [0.5, 0.6) is 0 Å². The number of hydrogen-bond donors (Lipinski definition) is 2. The van der Waals surface area contributed by atoms with Crippen molar-refractivity contribution in [2.75, 3.05) is 0 Å². The van der Waals surface area contributed by atoms with Gasteiger partial charge in [-0.25, -0.2) is 0 Å². The summed E-state index contributed by atoms with van der Waals surface area (Å²) in [6.07, 6.45) is 0. The molecule has 2 atom stereocenters. The Morgan fingerprint density at radius 1 is 0.714 bits per heavy atom. The predicted molar refractivity (Wildman–Crippen MR) is 87.6 cm³/mol. The molecule has 0 bridgehead atoms. The van der Waals surface area contributed by atoms with Crippen molar-refractivity contribution >= 4 is 0 Å². The van der Waals surface area contributed by atoms with E-state index in [-0.39, 0.29) is 24.5 Å². The van der Waals surface area contributed by atoms with Crippen molar-refractivity contribution in [3.05, 3.63) is 70.8 Å². The molecule has 0 aliphatic heterocycles. The van der Waals surface area contributed by atoms with Gasteiger partial charge in [0.15, 0.2) is 0 Å². The SMILES string of the molecule is Cc1cccc([C@H](C)N)c1.Cc1cccc([C@H](C)N)c1.[Cl-]. The summed E-state index contributed by atoms with van der Waals surface area (Å²) in [4.78, 5) is 0. The number of nitrogens with two attached hydrogens (primary N) is 2. The normalized spacial score (nSPS) is 12.5. The van der Waals surface area contributed by atoms with Gasteiger partial charge >= 0.3 is 0 Å². The molecule has 4 N–H and O–H groups in total. The van der Waals surface area contributed by atoms with E-state index in [2.05, 4.69) is 50.2 Å². The first kappa shape index (κ1) is 19.7. The van der Waals surface area contributed by atoms with Gasteiger partial charge in [0.1, 0.15) is 0 Å². The van der Waals surface area contributed by atoms with Gasteiger partial charge in [0, 0.05) is 12.1 Å². The van der Waals surface area contributed by atoms with Gasteiger partial charge in [-0.1, -0.05) is 59.7 Å². The Bertz CT molecular complexity index is 487. The van der Waals surface area contributed by atoms with Gasteiger partial charge in [-0.15, -0.1) is 0 Å². The summed E-state index contributed by atoms with van der Waals surface area (Å²) in [6, 6.07) is 16.9. The van der Waals surface area contributed by atoms with E-state index in [1.54, 1.807) is 0 Å². The lowest BCUT2D eigenvalue weighted by atomic mass is 10.1. The Morgan fingerprint density at radius 3 is 1.24 bits per heavy atom. The van der Waals surface area contributed by atoms with Gasteiger partial charge in [0.2, 0.25) is 0 Å². The van der Waals surface area contributed by atoms with Crippen LogP contribution in [0, 0.1) is 13.8 Å². The zero-order valence-corrected chi connectivity index (χ0v) is 14.1. The fourth-order valence-corrected chi connectivity index (χ4v) is 1.91. The molecule has 0 aliphatic rings. The summed E-state index contributed by atoms with van der Waals surface area (Å²) in [7, 11) is 0. The number of benzene rings is 2. The molecule has 0 saturated heterocycles. The molecule has 3 heteroatoms. The maximum atomic E-state index is 5.68. The Morgan fingerprint density at radius 2 is 1.05 bits per heavy atom. The Hall–Kier alpha value is -1.35. The number of aryl methyl sites for hydroxylation is 2. The average molecular weight is 306 g/mol. The highest BCUT2D eigenvalue weighted by atomic mass is 35.5. The van der Waals surface area contributed by atoms with Crippen LogP contribution in [0.15, 0.2) is 48.5 Å². The highest BCUT2D eigenvalue weighted by Gasteiger charge is 1.97. The average Bonchev–Trinajstić information content (AvgIpc) is 2.39. The molecule has 0 unspecified atom stereocenters. The lowest BCUT2D eigenvalue weighted by Gasteiger charge is -2.04. The van der Waals surface area contributed by atoms with Crippen LogP contribution in [0.1, 0.15) is 48.2 Å². The van der Waals surface area contributed by atoms with Crippen LogP contribution < -0.4 is 23.9 Å². The van der Waals surface area contributed by atoms with Crippen molar-refractivity contribution in [1.29, 1.82) is 0 Å². The van der Waals surface area contributed by atoms with Crippen LogP contribution in [0.4, 0.5) is 0 Å². The van der Waals surface area contributed by atoms with Crippen LogP contribution in [0.25, 0.3) is 0 Å². The second-order valence-electron chi connectivity index (χ2n) is 5.41. The molecule has 0 heterocycles. The third kappa shape index (κ3) is 7.28. The van der Waals surface area contributed by atoms with Gasteiger partial charge in [-0.3, -0.25) is 0 Å². The highest BCUT2D eigenvalue weighted by molar-refractivity contribution is 5.24. The second kappa shape index (κ2) is 9.56. The van der Waals surface area contributed by atoms with Crippen molar-refractivity contribution in [1.82, 2.24) is 0 Å². The lowest BCUT2D eigenvalue weighted by Crippen LogP contribution is -3.00. The minimum Gasteiger partial charge on any atom is -1.00 e. The molecule has 0 saturated carbocycles. The van der Waals surface area contributed by atoms with Crippen LogP contribution in [0.2, 0.25) is 0 Å². The van der Waals surface area contributed by atoms with Crippen molar-refractivity contribution < 1.29 is 12.4 Å². The van der Waals surface area contributed by atoms with Crippen molar-refractivity contribution in [2.24, 2.45) is 11.5 Å². The van der Waals surface area contributed by atoms with Gasteiger partial charge in [0.05, 0.1) is 0 Å². The topological polar surface area (TPSA) is 52.0 Å². The Kier molecular flexibility index (Phi) is 8.95. The summed E-state index contributed by atoms with van der Waals surface area (Å²) in [6.45, 7) is 8.14.